The molecule has 1 aromatic heterocycles. The van der Waals surface area contributed by atoms with E-state index in [0.717, 1.165) is 31.8 Å². The first-order valence-corrected chi connectivity index (χ1v) is 12.4. The van der Waals surface area contributed by atoms with Crippen LogP contribution in [0.3, 0.4) is 0 Å². The van der Waals surface area contributed by atoms with Crippen LogP contribution in [0.1, 0.15) is 32.1 Å². The van der Waals surface area contributed by atoms with Crippen LogP contribution in [0.2, 0.25) is 0 Å². The van der Waals surface area contributed by atoms with Crippen LogP contribution in [0.25, 0.3) is 0 Å². The van der Waals surface area contributed by atoms with Crippen LogP contribution in [-0.2, 0) is 24.3 Å². The van der Waals surface area contributed by atoms with Gasteiger partial charge < -0.3 is 20.7 Å². The number of unbranched alkanes of at least 4 members (excludes halogenated alkanes) is 1. The summed E-state index contributed by atoms with van der Waals surface area (Å²) in [6.45, 7) is 0.754. The molecule has 0 radical (unpaired) electrons. The van der Waals surface area contributed by atoms with Crippen LogP contribution < -0.4 is 16.1 Å². The highest BCUT2D eigenvalue weighted by atomic mass is 32.2. The molecule has 33 heavy (non-hydrogen) atoms. The van der Waals surface area contributed by atoms with E-state index < -0.39 is 46.0 Å². The van der Waals surface area contributed by atoms with E-state index in [1.807, 2.05) is 0 Å². The van der Waals surface area contributed by atoms with Gasteiger partial charge in [-0.25, -0.2) is 13.4 Å². The number of hydrogen-bond donors (Lipinski definition) is 5. The largest absolute Gasteiger partial charge is 0.481 e. The molecular weight excluding hydrogens is 450 g/mol. The number of amides is 1. The number of carbonyl (C=O) groups excluding carboxylic acids is 1. The lowest BCUT2D eigenvalue weighted by molar-refractivity contribution is -0.137. The number of H-pyrrole nitrogens is 1. The highest BCUT2D eigenvalue weighted by Gasteiger charge is 2.33. The standard InChI is InChI=1S/C21H29N5O6S/c27-19(28)12-15(14-33(30,31)17-7-2-1-3-8-17)25-20(29)18-13-16(32-26-18)6-4-5-9-22-21-23-10-11-24-21/h1-3,7-8,10-11,15-16,18,26H,4-6,9,12-14H2,(H,25,29)(H,27,28)(H2,22,23,24). The average Bonchev–Trinajstić information content (AvgIpc) is 3.45. The number of aromatic nitrogens is 2. The van der Waals surface area contributed by atoms with E-state index in [-0.39, 0.29) is 11.0 Å². The Morgan fingerprint density at radius 2 is 2.03 bits per heavy atom. The zero-order valence-corrected chi connectivity index (χ0v) is 18.9. The topological polar surface area (TPSA) is 163 Å². The van der Waals surface area contributed by atoms with Gasteiger partial charge in [0.1, 0.15) is 6.04 Å². The fourth-order valence-corrected chi connectivity index (χ4v) is 5.09. The number of anilines is 1. The van der Waals surface area contributed by atoms with E-state index in [4.69, 9.17) is 4.84 Å². The van der Waals surface area contributed by atoms with Gasteiger partial charge in [0.25, 0.3) is 0 Å². The molecule has 0 bridgehead atoms. The van der Waals surface area contributed by atoms with Gasteiger partial charge in [0, 0.05) is 25.4 Å². The third-order valence-corrected chi connectivity index (χ3v) is 7.06. The van der Waals surface area contributed by atoms with Gasteiger partial charge in [0.15, 0.2) is 15.8 Å². The Balaban J connectivity index is 1.45. The summed E-state index contributed by atoms with van der Waals surface area (Å²) in [6.07, 6.45) is 5.70. The van der Waals surface area contributed by atoms with Gasteiger partial charge >= 0.3 is 5.97 Å². The molecule has 0 aliphatic carbocycles. The zero-order chi connectivity index (χ0) is 23.7. The van der Waals surface area contributed by atoms with E-state index in [1.54, 1.807) is 30.6 Å². The maximum atomic E-state index is 12.7. The van der Waals surface area contributed by atoms with Crippen molar-refractivity contribution in [1.29, 1.82) is 0 Å². The molecular formula is C21H29N5O6S. The number of carboxylic acid groups (broad SMARTS) is 1. The van der Waals surface area contributed by atoms with Gasteiger partial charge in [-0.2, -0.15) is 5.48 Å². The van der Waals surface area contributed by atoms with Gasteiger partial charge in [-0.1, -0.05) is 18.2 Å². The summed E-state index contributed by atoms with van der Waals surface area (Å²) in [5.74, 6) is -1.46. The van der Waals surface area contributed by atoms with E-state index in [0.29, 0.717) is 6.42 Å². The molecule has 2 heterocycles. The van der Waals surface area contributed by atoms with Gasteiger partial charge in [-0.3, -0.25) is 14.4 Å². The lowest BCUT2D eigenvalue weighted by Crippen LogP contribution is -2.48. The van der Waals surface area contributed by atoms with E-state index in [1.165, 1.54) is 12.1 Å². The average molecular weight is 480 g/mol. The smallest absolute Gasteiger partial charge is 0.305 e. The fraction of sp³-hybridized carbons (Fsp3) is 0.476. The first-order chi connectivity index (χ1) is 15.8. The SMILES string of the molecule is O=C(O)CC(CS(=O)(=O)c1ccccc1)NC(=O)C1CC(CCCCNc2ncc[nH]2)ON1. The molecule has 0 saturated carbocycles. The molecule has 1 amide bonds. The molecule has 180 valence electrons. The summed E-state index contributed by atoms with van der Waals surface area (Å²) in [4.78, 5) is 36.5. The number of aromatic amines is 1. The molecule has 3 atom stereocenters. The number of carbonyl (C=O) groups is 2. The highest BCUT2D eigenvalue weighted by Crippen LogP contribution is 2.18. The first-order valence-electron chi connectivity index (χ1n) is 10.8. The third-order valence-electron chi connectivity index (χ3n) is 5.23. The van der Waals surface area contributed by atoms with Crippen LogP contribution >= 0.6 is 0 Å². The molecule has 5 N–H and O–H groups in total. The summed E-state index contributed by atoms with van der Waals surface area (Å²) in [5, 5.41) is 14.9. The van der Waals surface area contributed by atoms with Gasteiger partial charge in [0.05, 0.1) is 29.2 Å². The van der Waals surface area contributed by atoms with Crippen molar-refractivity contribution in [2.24, 2.45) is 0 Å². The summed E-state index contributed by atoms with van der Waals surface area (Å²) >= 11 is 0. The van der Waals surface area contributed by atoms with Crippen molar-refractivity contribution in [2.75, 3.05) is 17.6 Å². The van der Waals surface area contributed by atoms with E-state index in [2.05, 4.69) is 26.1 Å². The minimum absolute atomic E-state index is 0.0820. The van der Waals surface area contributed by atoms with Crippen LogP contribution in [-0.4, -0.2) is 65.9 Å². The Morgan fingerprint density at radius 3 is 2.73 bits per heavy atom. The number of rotatable bonds is 13. The highest BCUT2D eigenvalue weighted by molar-refractivity contribution is 7.91. The molecule has 1 aromatic carbocycles. The Kier molecular flexibility index (Phi) is 8.80. The second-order valence-electron chi connectivity index (χ2n) is 7.90. The van der Waals surface area contributed by atoms with Crippen molar-refractivity contribution in [3.05, 3.63) is 42.7 Å². The van der Waals surface area contributed by atoms with Crippen molar-refractivity contribution < 1.29 is 28.0 Å². The molecule has 3 rings (SSSR count). The molecule has 1 saturated heterocycles. The number of imidazole rings is 1. The number of hydrogen-bond acceptors (Lipinski definition) is 8. The Hall–Kier alpha value is -2.96. The predicted octanol–water partition coefficient (Wildman–Crippen LogP) is 1.09. The Labute approximate surface area is 192 Å². The molecule has 3 unspecified atom stereocenters. The molecule has 1 aliphatic rings. The molecule has 11 nitrogen and oxygen atoms in total. The van der Waals surface area contributed by atoms with Crippen molar-refractivity contribution in [1.82, 2.24) is 20.8 Å². The van der Waals surface area contributed by atoms with Crippen molar-refractivity contribution in [3.63, 3.8) is 0 Å². The van der Waals surface area contributed by atoms with Gasteiger partial charge in [-0.05, 0) is 31.4 Å². The van der Waals surface area contributed by atoms with E-state index in [9.17, 15) is 23.1 Å². The summed E-state index contributed by atoms with van der Waals surface area (Å²) in [6, 6.07) is 6.01. The lowest BCUT2D eigenvalue weighted by Gasteiger charge is -2.19. The van der Waals surface area contributed by atoms with Crippen LogP contribution in [0.4, 0.5) is 5.95 Å². The first kappa shape index (κ1) is 24.7. The maximum absolute atomic E-state index is 12.7. The normalized spacial score (nSPS) is 19.2. The molecule has 1 aliphatic heterocycles. The number of sulfone groups is 1. The van der Waals surface area contributed by atoms with Crippen LogP contribution in [0.5, 0.6) is 0 Å². The minimum Gasteiger partial charge on any atom is -0.481 e. The lowest BCUT2D eigenvalue weighted by atomic mass is 10.0. The van der Waals surface area contributed by atoms with Crippen LogP contribution in [0, 0.1) is 0 Å². The number of aliphatic carboxylic acids is 1. The van der Waals surface area contributed by atoms with Gasteiger partial charge in [-0.15, -0.1) is 0 Å². The number of nitrogens with one attached hydrogen (secondary N) is 4. The fourth-order valence-electron chi connectivity index (χ4n) is 3.59. The van der Waals surface area contributed by atoms with Crippen molar-refractivity contribution in [3.8, 4) is 0 Å². The van der Waals surface area contributed by atoms with E-state index >= 15 is 0 Å². The monoisotopic (exact) mass is 479 g/mol. The number of benzene rings is 1. The number of carboxylic acids is 1. The Bertz CT molecular complexity index is 999. The van der Waals surface area contributed by atoms with Gasteiger partial charge in [0.2, 0.25) is 5.91 Å². The molecule has 2 aromatic rings. The summed E-state index contributed by atoms with van der Waals surface area (Å²) in [5.41, 5.74) is 2.68. The number of hydroxylamine groups is 1. The minimum atomic E-state index is -3.76. The zero-order valence-electron chi connectivity index (χ0n) is 18.1. The predicted molar refractivity (Wildman–Crippen MR) is 120 cm³/mol. The van der Waals surface area contributed by atoms with Crippen molar-refractivity contribution in [2.45, 2.75) is 55.2 Å². The van der Waals surface area contributed by atoms with Crippen molar-refractivity contribution >= 4 is 27.7 Å². The Morgan fingerprint density at radius 1 is 1.24 bits per heavy atom. The summed E-state index contributed by atoms with van der Waals surface area (Å²) < 4.78 is 25.3. The molecule has 1 fully saturated rings. The second kappa shape index (κ2) is 11.8. The number of nitrogens with zero attached hydrogens (tertiary/aromatic N) is 1. The maximum Gasteiger partial charge on any atom is 0.305 e. The third kappa shape index (κ3) is 7.84. The van der Waals surface area contributed by atoms with Crippen LogP contribution in [0.15, 0.2) is 47.6 Å². The second-order valence-corrected chi connectivity index (χ2v) is 9.94. The molecule has 12 heteroatoms. The molecule has 0 spiro atoms. The summed E-state index contributed by atoms with van der Waals surface area (Å²) in [7, 11) is -3.76. The quantitative estimate of drug-likeness (QED) is 0.265.